The van der Waals surface area contributed by atoms with Crippen molar-refractivity contribution in [2.45, 2.75) is 39.2 Å². The summed E-state index contributed by atoms with van der Waals surface area (Å²) in [6, 6.07) is 0. The lowest BCUT2D eigenvalue weighted by molar-refractivity contribution is 0.351. The fraction of sp³-hybridized carbons (Fsp3) is 0.769. The van der Waals surface area contributed by atoms with Crippen molar-refractivity contribution < 1.29 is 0 Å². The van der Waals surface area contributed by atoms with E-state index in [-0.39, 0.29) is 0 Å². The number of aromatic nitrogens is 2. The molecule has 3 nitrogen and oxygen atoms in total. The van der Waals surface area contributed by atoms with E-state index in [4.69, 9.17) is 0 Å². The van der Waals surface area contributed by atoms with Crippen LogP contribution in [-0.4, -0.2) is 16.1 Å². The van der Waals surface area contributed by atoms with Gasteiger partial charge in [0.1, 0.15) is 0 Å². The van der Waals surface area contributed by atoms with Gasteiger partial charge in [-0.15, -0.1) is 0 Å². The van der Waals surface area contributed by atoms with E-state index < -0.39 is 0 Å². The third-order valence-electron chi connectivity index (χ3n) is 3.91. The minimum Gasteiger partial charge on any atom is -0.356 e. The Balaban J connectivity index is 1.68. The van der Waals surface area contributed by atoms with Crippen LogP contribution < -0.4 is 5.32 Å². The van der Waals surface area contributed by atoms with Gasteiger partial charge >= 0.3 is 0 Å². The van der Waals surface area contributed by atoms with Gasteiger partial charge in [0.05, 0.1) is 0 Å². The summed E-state index contributed by atoms with van der Waals surface area (Å²) < 4.78 is 2.31. The molecule has 0 amide bonds. The van der Waals surface area contributed by atoms with Gasteiger partial charge in [0, 0.05) is 25.5 Å². The molecule has 1 aromatic rings. The molecule has 1 N–H and O–H groups in total. The zero-order valence-electron chi connectivity index (χ0n) is 10.0. The van der Waals surface area contributed by atoms with Crippen LogP contribution in [0.3, 0.4) is 0 Å². The third kappa shape index (κ3) is 2.08. The van der Waals surface area contributed by atoms with Gasteiger partial charge in [-0.1, -0.05) is 0 Å². The minimum atomic E-state index is 0.923. The molecule has 0 saturated heterocycles. The molecule has 0 spiro atoms. The van der Waals surface area contributed by atoms with Crippen molar-refractivity contribution >= 4 is 5.95 Å². The van der Waals surface area contributed by atoms with Crippen LogP contribution in [0.15, 0.2) is 12.4 Å². The first-order chi connectivity index (χ1) is 7.88. The maximum absolute atomic E-state index is 4.37. The Kier molecular flexibility index (Phi) is 2.62. The second-order valence-electron chi connectivity index (χ2n) is 5.27. The molecule has 0 unspecified atom stereocenters. The molecular formula is C13H21N3. The maximum atomic E-state index is 4.37. The molecule has 88 valence electrons. The first-order valence-corrected chi connectivity index (χ1v) is 6.63. The maximum Gasteiger partial charge on any atom is 0.202 e. The van der Waals surface area contributed by atoms with Crippen LogP contribution in [-0.2, 0) is 6.54 Å². The fourth-order valence-electron chi connectivity index (χ4n) is 2.74. The Morgan fingerprint density at radius 3 is 2.62 bits per heavy atom. The molecule has 1 heterocycles. The highest BCUT2D eigenvalue weighted by Crippen LogP contribution is 2.50. The first-order valence-electron chi connectivity index (χ1n) is 6.63. The first kappa shape index (κ1) is 10.2. The van der Waals surface area contributed by atoms with Crippen LogP contribution in [0.4, 0.5) is 5.95 Å². The van der Waals surface area contributed by atoms with Crippen molar-refractivity contribution in [1.82, 2.24) is 9.55 Å². The van der Waals surface area contributed by atoms with Crippen molar-refractivity contribution in [3.05, 3.63) is 12.4 Å². The van der Waals surface area contributed by atoms with Crippen LogP contribution in [0, 0.1) is 17.8 Å². The van der Waals surface area contributed by atoms with Crippen molar-refractivity contribution in [2.75, 3.05) is 11.9 Å². The summed E-state index contributed by atoms with van der Waals surface area (Å²) in [7, 11) is 0. The van der Waals surface area contributed by atoms with Gasteiger partial charge in [0.25, 0.3) is 0 Å². The summed E-state index contributed by atoms with van der Waals surface area (Å²) in [5, 5.41) is 3.33. The number of nitrogens with one attached hydrogen (secondary N) is 1. The molecule has 3 rings (SSSR count). The Morgan fingerprint density at radius 2 is 2.06 bits per heavy atom. The second kappa shape index (κ2) is 4.11. The molecule has 16 heavy (non-hydrogen) atoms. The molecule has 0 radical (unpaired) electrons. The molecule has 2 saturated carbocycles. The number of nitrogens with zero attached hydrogens (tertiary/aromatic N) is 2. The van der Waals surface area contributed by atoms with E-state index in [1.54, 1.807) is 0 Å². The lowest BCUT2D eigenvalue weighted by Gasteiger charge is -2.17. The summed E-state index contributed by atoms with van der Waals surface area (Å²) >= 11 is 0. The van der Waals surface area contributed by atoms with E-state index in [2.05, 4.69) is 28.0 Å². The molecule has 0 aliphatic heterocycles. The lowest BCUT2D eigenvalue weighted by Crippen LogP contribution is -2.16. The van der Waals surface area contributed by atoms with Gasteiger partial charge in [0.15, 0.2) is 0 Å². The zero-order chi connectivity index (χ0) is 11.0. The number of anilines is 1. The number of rotatable bonds is 6. The molecule has 2 aliphatic rings. The largest absolute Gasteiger partial charge is 0.356 e. The van der Waals surface area contributed by atoms with E-state index in [0.717, 1.165) is 30.2 Å². The lowest BCUT2D eigenvalue weighted by atomic mass is 9.98. The van der Waals surface area contributed by atoms with E-state index in [1.165, 1.54) is 32.2 Å². The van der Waals surface area contributed by atoms with E-state index in [0.29, 0.717) is 0 Å². The average molecular weight is 219 g/mol. The molecule has 3 heteroatoms. The van der Waals surface area contributed by atoms with Crippen molar-refractivity contribution in [2.24, 2.45) is 17.8 Å². The Labute approximate surface area is 97.3 Å². The summed E-state index contributed by atoms with van der Waals surface area (Å²) in [4.78, 5) is 4.37. The summed E-state index contributed by atoms with van der Waals surface area (Å²) in [5.74, 6) is 4.01. The van der Waals surface area contributed by atoms with Crippen LogP contribution in [0.5, 0.6) is 0 Å². The van der Waals surface area contributed by atoms with Crippen LogP contribution in [0.25, 0.3) is 0 Å². The summed E-state index contributed by atoms with van der Waals surface area (Å²) in [6.45, 7) is 4.25. The van der Waals surface area contributed by atoms with E-state index in [9.17, 15) is 0 Å². The van der Waals surface area contributed by atoms with Crippen LogP contribution in [0.1, 0.15) is 32.6 Å². The smallest absolute Gasteiger partial charge is 0.202 e. The normalized spacial score (nSPS) is 20.4. The van der Waals surface area contributed by atoms with Crippen molar-refractivity contribution in [3.8, 4) is 0 Å². The number of imidazole rings is 1. The molecular weight excluding hydrogens is 198 g/mol. The third-order valence-corrected chi connectivity index (χ3v) is 3.91. The zero-order valence-corrected chi connectivity index (χ0v) is 10.0. The molecule has 0 aromatic carbocycles. The van der Waals surface area contributed by atoms with E-state index >= 15 is 0 Å². The highest BCUT2D eigenvalue weighted by Gasteiger charge is 2.41. The monoisotopic (exact) mass is 219 g/mol. The van der Waals surface area contributed by atoms with Crippen LogP contribution in [0.2, 0.25) is 0 Å². The predicted octanol–water partition coefficient (Wildman–Crippen LogP) is 2.75. The Bertz CT molecular complexity index is 338. The molecule has 1 aromatic heterocycles. The standard InChI is InChI=1S/C13H21N3/c1-2-14-13-15-7-8-16(13)9-12(10-3-4-10)11-5-6-11/h7-8,10-12H,2-6,9H2,1H3,(H,14,15). The van der Waals surface area contributed by atoms with Gasteiger partial charge in [-0.05, 0) is 50.4 Å². The fourth-order valence-corrected chi connectivity index (χ4v) is 2.74. The molecule has 0 atom stereocenters. The second-order valence-corrected chi connectivity index (χ2v) is 5.27. The van der Waals surface area contributed by atoms with Crippen molar-refractivity contribution in [1.29, 1.82) is 0 Å². The summed E-state index contributed by atoms with van der Waals surface area (Å²) in [6.07, 6.45) is 9.89. The van der Waals surface area contributed by atoms with Gasteiger partial charge in [0.2, 0.25) is 5.95 Å². The summed E-state index contributed by atoms with van der Waals surface area (Å²) in [5.41, 5.74) is 0. The van der Waals surface area contributed by atoms with Gasteiger partial charge < -0.3 is 9.88 Å². The number of hydrogen-bond acceptors (Lipinski definition) is 2. The quantitative estimate of drug-likeness (QED) is 0.797. The van der Waals surface area contributed by atoms with Crippen LogP contribution >= 0.6 is 0 Å². The molecule has 2 fully saturated rings. The van der Waals surface area contributed by atoms with Gasteiger partial charge in [-0.3, -0.25) is 0 Å². The Morgan fingerprint density at radius 1 is 1.38 bits per heavy atom. The van der Waals surface area contributed by atoms with Crippen molar-refractivity contribution in [3.63, 3.8) is 0 Å². The average Bonchev–Trinajstić information content (AvgIpc) is 3.18. The van der Waals surface area contributed by atoms with Gasteiger partial charge in [-0.2, -0.15) is 0 Å². The Hall–Kier alpha value is -0.990. The topological polar surface area (TPSA) is 29.9 Å². The predicted molar refractivity (Wildman–Crippen MR) is 65.3 cm³/mol. The molecule has 0 bridgehead atoms. The number of hydrogen-bond donors (Lipinski definition) is 1. The SMILES string of the molecule is CCNc1nccn1CC(C1CC1)C1CC1. The van der Waals surface area contributed by atoms with Gasteiger partial charge in [-0.25, -0.2) is 4.98 Å². The molecule has 2 aliphatic carbocycles. The highest BCUT2D eigenvalue weighted by atomic mass is 15.2. The van der Waals surface area contributed by atoms with E-state index in [1.807, 2.05) is 6.20 Å². The highest BCUT2D eigenvalue weighted by molar-refractivity contribution is 5.25. The minimum absolute atomic E-state index is 0.923.